The van der Waals surface area contributed by atoms with Crippen LogP contribution in [-0.2, 0) is 16.1 Å². The van der Waals surface area contributed by atoms with Crippen LogP contribution < -0.4 is 0 Å². The Morgan fingerprint density at radius 1 is 0.538 bits per heavy atom. The Morgan fingerprint density at radius 2 is 0.923 bits per heavy atom. The van der Waals surface area contributed by atoms with E-state index in [4.69, 9.17) is 0 Å². The van der Waals surface area contributed by atoms with Crippen molar-refractivity contribution >= 4 is 23.0 Å². The van der Waals surface area contributed by atoms with E-state index in [0.717, 1.165) is 45.4 Å². The van der Waals surface area contributed by atoms with Gasteiger partial charge in [-0.25, -0.2) is 0 Å². The molecule has 1 heterocycles. The zero-order valence-electron chi connectivity index (χ0n) is 21.6. The van der Waals surface area contributed by atoms with Crippen LogP contribution in [0.1, 0.15) is 34.2 Å². The van der Waals surface area contributed by atoms with Crippen molar-refractivity contribution < 1.29 is 9.59 Å². The third kappa shape index (κ3) is 4.06. The van der Waals surface area contributed by atoms with E-state index in [0.29, 0.717) is 6.54 Å². The van der Waals surface area contributed by atoms with Crippen LogP contribution in [0.5, 0.6) is 0 Å². The number of benzene rings is 4. The van der Waals surface area contributed by atoms with E-state index in [2.05, 4.69) is 109 Å². The van der Waals surface area contributed by atoms with Gasteiger partial charge in [0.25, 0.3) is 0 Å². The summed E-state index contributed by atoms with van der Waals surface area (Å²) in [5, 5.41) is 0. The predicted molar refractivity (Wildman–Crippen MR) is 154 cm³/mol. The monoisotopic (exact) mass is 507 g/mol. The number of amides is 2. The third-order valence-electron chi connectivity index (χ3n) is 8.58. The van der Waals surface area contributed by atoms with Crippen molar-refractivity contribution in [2.24, 2.45) is 23.7 Å². The van der Waals surface area contributed by atoms with Gasteiger partial charge < -0.3 is 0 Å². The lowest BCUT2D eigenvalue weighted by Crippen LogP contribution is -2.32. The zero-order chi connectivity index (χ0) is 26.3. The molecular formula is C36H29NO2. The largest absolute Gasteiger partial charge is 0.278 e. The van der Waals surface area contributed by atoms with Crippen molar-refractivity contribution in [1.82, 2.24) is 4.90 Å². The summed E-state index contributed by atoms with van der Waals surface area (Å²) < 4.78 is 0. The van der Waals surface area contributed by atoms with E-state index >= 15 is 0 Å². The quantitative estimate of drug-likeness (QED) is 0.160. The molecule has 0 N–H and O–H groups in total. The van der Waals surface area contributed by atoms with Crippen LogP contribution in [0.25, 0.3) is 11.1 Å². The van der Waals surface area contributed by atoms with Gasteiger partial charge in [-0.15, -0.1) is 0 Å². The molecule has 3 nitrogen and oxygen atoms in total. The van der Waals surface area contributed by atoms with Gasteiger partial charge in [0, 0.05) is 0 Å². The Hall–Kier alpha value is -4.50. The van der Waals surface area contributed by atoms with Crippen LogP contribution in [-0.4, -0.2) is 16.7 Å². The van der Waals surface area contributed by atoms with Gasteiger partial charge in [-0.2, -0.15) is 0 Å². The summed E-state index contributed by atoms with van der Waals surface area (Å²) in [5.41, 5.74) is 7.79. The average Bonchev–Trinajstić information content (AvgIpc) is 3.68. The topological polar surface area (TPSA) is 37.4 Å². The number of imide groups is 1. The minimum Gasteiger partial charge on any atom is -0.278 e. The lowest BCUT2D eigenvalue weighted by molar-refractivity contribution is -0.141. The summed E-state index contributed by atoms with van der Waals surface area (Å²) >= 11 is 0. The lowest BCUT2D eigenvalue weighted by Gasteiger charge is -2.19. The highest BCUT2D eigenvalue weighted by molar-refractivity contribution is 6.06. The van der Waals surface area contributed by atoms with Gasteiger partial charge in [0.15, 0.2) is 0 Å². The summed E-state index contributed by atoms with van der Waals surface area (Å²) in [5.74, 6) is 0.170. The van der Waals surface area contributed by atoms with Gasteiger partial charge in [-0.3, -0.25) is 14.5 Å². The van der Waals surface area contributed by atoms with E-state index in [-0.39, 0.29) is 35.5 Å². The molecule has 2 fully saturated rings. The molecule has 2 amide bonds. The molecule has 4 aromatic carbocycles. The summed E-state index contributed by atoms with van der Waals surface area (Å²) in [6.07, 6.45) is 5.24. The van der Waals surface area contributed by atoms with Gasteiger partial charge >= 0.3 is 0 Å². The SMILES string of the molecule is O=C1C2C3C=CC(C3)C2C(=O)N1Cc1ccc(C(=C(c2ccccc2)c2ccccc2)c2ccccc2)cc1. The minimum absolute atomic E-state index is 0.00578. The van der Waals surface area contributed by atoms with Crippen LogP contribution in [0.2, 0.25) is 0 Å². The van der Waals surface area contributed by atoms with Crippen molar-refractivity contribution in [2.45, 2.75) is 13.0 Å². The smallest absolute Gasteiger partial charge is 0.234 e. The molecule has 4 unspecified atom stereocenters. The lowest BCUT2D eigenvalue weighted by atomic mass is 9.85. The molecule has 1 saturated heterocycles. The summed E-state index contributed by atoms with van der Waals surface area (Å²) in [6.45, 7) is 0.332. The number of carbonyl (C=O) groups is 2. The maximum Gasteiger partial charge on any atom is 0.234 e. The maximum absolute atomic E-state index is 13.2. The highest BCUT2D eigenvalue weighted by atomic mass is 16.2. The van der Waals surface area contributed by atoms with Crippen molar-refractivity contribution in [1.29, 1.82) is 0 Å². The highest BCUT2D eigenvalue weighted by Gasteiger charge is 2.59. The van der Waals surface area contributed by atoms with Crippen molar-refractivity contribution in [3.63, 3.8) is 0 Å². The van der Waals surface area contributed by atoms with Crippen LogP contribution in [0.15, 0.2) is 127 Å². The molecule has 2 bridgehead atoms. The average molecular weight is 508 g/mol. The number of carbonyl (C=O) groups excluding carboxylic acids is 2. The van der Waals surface area contributed by atoms with E-state index < -0.39 is 0 Å². The number of likely N-dealkylation sites (tertiary alicyclic amines) is 1. The van der Waals surface area contributed by atoms with Crippen LogP contribution in [0, 0.1) is 23.7 Å². The molecule has 1 saturated carbocycles. The summed E-state index contributed by atoms with van der Waals surface area (Å²) in [4.78, 5) is 27.9. The fourth-order valence-corrected chi connectivity index (χ4v) is 6.80. The molecule has 0 radical (unpaired) electrons. The van der Waals surface area contributed by atoms with Crippen LogP contribution in [0.4, 0.5) is 0 Å². The molecule has 2 aliphatic carbocycles. The first-order valence-electron chi connectivity index (χ1n) is 13.7. The van der Waals surface area contributed by atoms with Gasteiger partial charge in [0.1, 0.15) is 0 Å². The number of hydrogen-bond donors (Lipinski definition) is 0. The number of fused-ring (bicyclic) bond motifs is 5. The predicted octanol–water partition coefficient (Wildman–Crippen LogP) is 7.00. The zero-order valence-corrected chi connectivity index (χ0v) is 21.6. The van der Waals surface area contributed by atoms with Crippen molar-refractivity contribution in [3.05, 3.63) is 155 Å². The highest BCUT2D eigenvalue weighted by Crippen LogP contribution is 2.52. The van der Waals surface area contributed by atoms with E-state index in [1.165, 1.54) is 4.90 Å². The molecule has 4 aromatic rings. The second-order valence-electron chi connectivity index (χ2n) is 10.8. The Balaban J connectivity index is 1.28. The van der Waals surface area contributed by atoms with E-state index in [9.17, 15) is 9.59 Å². The first-order valence-corrected chi connectivity index (χ1v) is 13.7. The molecule has 0 aromatic heterocycles. The summed E-state index contributed by atoms with van der Waals surface area (Å²) in [6, 6.07) is 39.9. The molecule has 39 heavy (non-hydrogen) atoms. The van der Waals surface area contributed by atoms with Crippen LogP contribution in [0.3, 0.4) is 0 Å². The second-order valence-corrected chi connectivity index (χ2v) is 10.8. The number of nitrogens with zero attached hydrogens (tertiary/aromatic N) is 1. The molecule has 0 spiro atoms. The Morgan fingerprint density at radius 3 is 1.33 bits per heavy atom. The molecule has 190 valence electrons. The minimum atomic E-state index is -0.154. The standard InChI is InChI=1S/C36H29NO2/c38-35-33-29-20-21-30(22-29)34(33)36(39)37(35)23-24-16-18-28(19-17-24)32(27-14-8-3-9-15-27)31(25-10-4-1-5-11-25)26-12-6-2-7-13-26/h1-21,29-30,33-34H,22-23H2. The summed E-state index contributed by atoms with van der Waals surface area (Å²) in [7, 11) is 0. The Bertz CT molecular complexity index is 1520. The normalized spacial score (nSPS) is 22.8. The van der Waals surface area contributed by atoms with Gasteiger partial charge in [0.05, 0.1) is 18.4 Å². The van der Waals surface area contributed by atoms with Gasteiger partial charge in [-0.05, 0) is 57.2 Å². The van der Waals surface area contributed by atoms with Gasteiger partial charge in [-0.1, -0.05) is 127 Å². The molecule has 4 atom stereocenters. The first-order chi connectivity index (χ1) is 19.2. The molecule has 3 heteroatoms. The molecule has 1 aliphatic heterocycles. The van der Waals surface area contributed by atoms with E-state index in [1.807, 2.05) is 18.2 Å². The fraction of sp³-hybridized carbons (Fsp3) is 0.167. The van der Waals surface area contributed by atoms with E-state index in [1.54, 1.807) is 0 Å². The number of rotatable bonds is 6. The molecule has 3 aliphatic rings. The van der Waals surface area contributed by atoms with Crippen molar-refractivity contribution in [3.8, 4) is 0 Å². The Labute approximate surface area is 229 Å². The number of allylic oxidation sites excluding steroid dienone is 2. The van der Waals surface area contributed by atoms with Crippen molar-refractivity contribution in [2.75, 3.05) is 0 Å². The second kappa shape index (κ2) is 9.67. The maximum atomic E-state index is 13.2. The van der Waals surface area contributed by atoms with Gasteiger partial charge in [0.2, 0.25) is 11.8 Å². The number of hydrogen-bond acceptors (Lipinski definition) is 2. The fourth-order valence-electron chi connectivity index (χ4n) is 6.80. The third-order valence-corrected chi connectivity index (χ3v) is 8.58. The molecule has 7 rings (SSSR count). The van der Waals surface area contributed by atoms with Crippen LogP contribution >= 0.6 is 0 Å². The Kier molecular flexibility index (Phi) is 5.85. The molecular weight excluding hydrogens is 478 g/mol. The first kappa shape index (κ1) is 23.6.